The van der Waals surface area contributed by atoms with Gasteiger partial charge in [0.2, 0.25) is 5.62 Å². The molecular weight excluding hydrogens is 384 g/mol. The van der Waals surface area contributed by atoms with Gasteiger partial charge in [0.15, 0.2) is 5.65 Å². The molecule has 0 amide bonds. The van der Waals surface area contributed by atoms with Crippen molar-refractivity contribution in [3.8, 4) is 0 Å². The molecule has 4 aromatic rings. The van der Waals surface area contributed by atoms with Gasteiger partial charge >= 0.3 is 0 Å². The maximum absolute atomic E-state index is 9.14. The molecule has 0 aliphatic rings. The first-order valence-corrected chi connectivity index (χ1v) is 10.7. The van der Waals surface area contributed by atoms with E-state index < -0.39 is 0 Å². The molecule has 31 heavy (non-hydrogen) atoms. The van der Waals surface area contributed by atoms with E-state index in [0.29, 0.717) is 12.2 Å². The summed E-state index contributed by atoms with van der Waals surface area (Å²) in [6.45, 7) is 6.84. The summed E-state index contributed by atoms with van der Waals surface area (Å²) in [6, 6.07) is 21.1. The van der Waals surface area contributed by atoms with Gasteiger partial charge in [-0.1, -0.05) is 59.7 Å². The lowest BCUT2D eigenvalue weighted by Gasteiger charge is -2.19. The second kappa shape index (κ2) is 8.90. The Morgan fingerprint density at radius 2 is 1.58 bits per heavy atom. The highest BCUT2D eigenvalue weighted by Crippen LogP contribution is 2.25. The lowest BCUT2D eigenvalue weighted by molar-refractivity contribution is 0.153. The highest BCUT2D eigenvalue weighted by atomic mass is 16.5. The van der Waals surface area contributed by atoms with Crippen molar-refractivity contribution in [3.63, 3.8) is 0 Å². The molecule has 0 saturated carbocycles. The Morgan fingerprint density at radius 3 is 2.23 bits per heavy atom. The van der Waals surface area contributed by atoms with Gasteiger partial charge in [-0.15, -0.1) is 0 Å². The van der Waals surface area contributed by atoms with Crippen LogP contribution in [-0.4, -0.2) is 27.8 Å². The minimum Gasteiger partial charge on any atom is -0.383 e. The first-order chi connectivity index (χ1) is 15.0. The van der Waals surface area contributed by atoms with Crippen LogP contribution < -0.4 is 5.62 Å². The summed E-state index contributed by atoms with van der Waals surface area (Å²) in [7, 11) is 1.72. The van der Waals surface area contributed by atoms with Crippen molar-refractivity contribution in [1.29, 1.82) is 5.41 Å². The van der Waals surface area contributed by atoms with Gasteiger partial charge in [0.1, 0.15) is 0 Å². The molecule has 2 aromatic heterocycles. The first-order valence-electron chi connectivity index (χ1n) is 10.7. The van der Waals surface area contributed by atoms with Crippen molar-refractivity contribution in [2.24, 2.45) is 0 Å². The van der Waals surface area contributed by atoms with Crippen LogP contribution in [0.2, 0.25) is 0 Å². The van der Waals surface area contributed by atoms with Gasteiger partial charge in [-0.3, -0.25) is 9.98 Å². The topological polar surface area (TPSA) is 55.8 Å². The molecule has 0 aliphatic carbocycles. The van der Waals surface area contributed by atoms with Gasteiger partial charge in [-0.2, -0.15) is 0 Å². The SMILES string of the molecule is COC[C@H](Cc1ccc(C)cc1)n1c(=N)n([C@@H](C)c2ccc(C)cc2)c2cccnc21. The van der Waals surface area contributed by atoms with E-state index in [1.165, 1.54) is 22.3 Å². The Hall–Kier alpha value is -3.18. The van der Waals surface area contributed by atoms with Crippen molar-refractivity contribution in [2.45, 2.75) is 39.3 Å². The third-order valence-electron chi connectivity index (χ3n) is 5.97. The maximum Gasteiger partial charge on any atom is 0.205 e. The lowest BCUT2D eigenvalue weighted by Crippen LogP contribution is -2.32. The Kier molecular flexibility index (Phi) is 6.05. The minimum atomic E-state index is -0.0240. The monoisotopic (exact) mass is 414 g/mol. The summed E-state index contributed by atoms with van der Waals surface area (Å²) < 4.78 is 9.69. The van der Waals surface area contributed by atoms with Crippen molar-refractivity contribution >= 4 is 11.2 Å². The number of hydrogen-bond acceptors (Lipinski definition) is 3. The number of benzene rings is 2. The molecule has 5 nitrogen and oxygen atoms in total. The molecule has 0 saturated heterocycles. The van der Waals surface area contributed by atoms with Crippen molar-refractivity contribution in [2.75, 3.05) is 13.7 Å². The van der Waals surface area contributed by atoms with Crippen molar-refractivity contribution in [3.05, 3.63) is 94.7 Å². The van der Waals surface area contributed by atoms with Crippen molar-refractivity contribution in [1.82, 2.24) is 14.1 Å². The number of methoxy groups -OCH3 is 1. The zero-order valence-electron chi connectivity index (χ0n) is 18.7. The number of aryl methyl sites for hydroxylation is 2. The molecule has 160 valence electrons. The Balaban J connectivity index is 1.83. The van der Waals surface area contributed by atoms with Crippen LogP contribution in [0.1, 0.15) is 41.3 Å². The average Bonchev–Trinajstić information content (AvgIpc) is 3.06. The van der Waals surface area contributed by atoms with Crippen LogP contribution in [0.25, 0.3) is 11.2 Å². The summed E-state index contributed by atoms with van der Waals surface area (Å²) in [5, 5.41) is 9.14. The predicted octanol–water partition coefficient (Wildman–Crippen LogP) is 4.97. The number of rotatable bonds is 7. The van der Waals surface area contributed by atoms with E-state index in [2.05, 4.69) is 84.9 Å². The Labute approximate surface area is 183 Å². The van der Waals surface area contributed by atoms with Gasteiger partial charge in [-0.25, -0.2) is 4.98 Å². The molecule has 0 bridgehead atoms. The van der Waals surface area contributed by atoms with Crippen LogP contribution in [0.15, 0.2) is 66.9 Å². The van der Waals surface area contributed by atoms with Gasteiger partial charge in [0, 0.05) is 13.3 Å². The molecule has 0 aliphatic heterocycles. The van der Waals surface area contributed by atoms with E-state index >= 15 is 0 Å². The number of nitrogens with zero attached hydrogens (tertiary/aromatic N) is 3. The number of imidazole rings is 1. The van der Waals surface area contributed by atoms with E-state index in [0.717, 1.165) is 17.6 Å². The number of aromatic nitrogens is 3. The second-order valence-electron chi connectivity index (χ2n) is 8.30. The fraction of sp³-hybridized carbons (Fsp3) is 0.308. The van der Waals surface area contributed by atoms with Crippen molar-refractivity contribution < 1.29 is 4.74 Å². The molecule has 0 unspecified atom stereocenters. The van der Waals surface area contributed by atoms with E-state index in [-0.39, 0.29) is 12.1 Å². The van der Waals surface area contributed by atoms with Crippen LogP contribution in [0.3, 0.4) is 0 Å². The molecular formula is C26H30N4O. The molecule has 2 atom stereocenters. The van der Waals surface area contributed by atoms with Crippen LogP contribution in [0.5, 0.6) is 0 Å². The number of hydrogen-bond donors (Lipinski definition) is 1. The Morgan fingerprint density at radius 1 is 0.935 bits per heavy atom. The molecule has 2 aromatic carbocycles. The maximum atomic E-state index is 9.14. The molecule has 0 fully saturated rings. The van der Waals surface area contributed by atoms with E-state index in [4.69, 9.17) is 10.1 Å². The highest BCUT2D eigenvalue weighted by Gasteiger charge is 2.23. The molecule has 0 spiro atoms. The quantitative estimate of drug-likeness (QED) is 0.464. The van der Waals surface area contributed by atoms with E-state index in [1.807, 2.05) is 10.6 Å². The number of pyridine rings is 1. The smallest absolute Gasteiger partial charge is 0.205 e. The van der Waals surface area contributed by atoms with Crippen LogP contribution in [0, 0.1) is 19.3 Å². The normalized spacial score (nSPS) is 13.4. The van der Waals surface area contributed by atoms with Crippen LogP contribution in [0.4, 0.5) is 0 Å². The number of fused-ring (bicyclic) bond motifs is 1. The molecule has 2 heterocycles. The number of ether oxygens (including phenoxy) is 1. The second-order valence-corrected chi connectivity index (χ2v) is 8.30. The molecule has 1 N–H and O–H groups in total. The Bertz CT molecular complexity index is 1220. The van der Waals surface area contributed by atoms with Crippen LogP contribution >= 0.6 is 0 Å². The highest BCUT2D eigenvalue weighted by molar-refractivity contribution is 5.72. The fourth-order valence-electron chi connectivity index (χ4n) is 4.24. The van der Waals surface area contributed by atoms with Gasteiger partial charge in [0.25, 0.3) is 0 Å². The summed E-state index contributed by atoms with van der Waals surface area (Å²) in [5.74, 6) is 0. The van der Waals surface area contributed by atoms with Gasteiger partial charge in [-0.05, 0) is 50.5 Å². The fourth-order valence-corrected chi connectivity index (χ4v) is 4.24. The number of nitrogens with one attached hydrogen (secondary N) is 1. The largest absolute Gasteiger partial charge is 0.383 e. The zero-order chi connectivity index (χ0) is 22.0. The van der Waals surface area contributed by atoms with Gasteiger partial charge < -0.3 is 9.30 Å². The third kappa shape index (κ3) is 4.19. The van der Waals surface area contributed by atoms with E-state index in [1.54, 1.807) is 13.3 Å². The predicted molar refractivity (Wildman–Crippen MR) is 124 cm³/mol. The lowest BCUT2D eigenvalue weighted by atomic mass is 10.0. The molecule has 5 heteroatoms. The first kappa shape index (κ1) is 21.1. The van der Waals surface area contributed by atoms with Gasteiger partial charge in [0.05, 0.1) is 24.2 Å². The minimum absolute atomic E-state index is 0.0172. The van der Waals surface area contributed by atoms with Crippen LogP contribution in [-0.2, 0) is 11.2 Å². The molecule has 4 rings (SSSR count). The summed E-state index contributed by atoms with van der Waals surface area (Å²) in [6.07, 6.45) is 2.58. The summed E-state index contributed by atoms with van der Waals surface area (Å²) in [5.41, 5.74) is 7.10. The van der Waals surface area contributed by atoms with E-state index in [9.17, 15) is 0 Å². The zero-order valence-corrected chi connectivity index (χ0v) is 18.7. The average molecular weight is 415 g/mol. The molecule has 0 radical (unpaired) electrons. The third-order valence-corrected chi connectivity index (χ3v) is 5.97. The summed E-state index contributed by atoms with van der Waals surface area (Å²) >= 11 is 0. The standard InChI is InChI=1S/C26H30N4O/c1-18-7-11-21(12-8-18)16-23(17-31-4)30-25-24(6-5-15-28-25)29(26(30)27)20(3)22-13-9-19(2)10-14-22/h5-15,20,23,27H,16-17H2,1-4H3/t20-,23-/m0/s1. The summed E-state index contributed by atoms with van der Waals surface area (Å²) in [4.78, 5) is 4.68.